The van der Waals surface area contributed by atoms with E-state index in [0.29, 0.717) is 0 Å². The minimum absolute atomic E-state index is 0.193. The number of nitrogens with two attached hydrogens (primary N) is 1. The first-order chi connectivity index (χ1) is 8.81. The Bertz CT molecular complexity index is 532. The quantitative estimate of drug-likeness (QED) is 0.735. The summed E-state index contributed by atoms with van der Waals surface area (Å²) in [5.74, 6) is -3.19. The number of urea groups is 1. The van der Waals surface area contributed by atoms with Crippen molar-refractivity contribution in [3.8, 4) is 5.75 Å². The summed E-state index contributed by atoms with van der Waals surface area (Å²) in [6.07, 6.45) is -1.17. The summed E-state index contributed by atoms with van der Waals surface area (Å²) >= 11 is 0. The SMILES string of the molecule is CC(Oc1ccc(F)cc1C(=O)O)C(=O)NC(N)=O. The van der Waals surface area contributed by atoms with Crippen LogP contribution in [0.1, 0.15) is 17.3 Å². The molecule has 19 heavy (non-hydrogen) atoms. The lowest BCUT2D eigenvalue weighted by Gasteiger charge is -2.15. The zero-order valence-electron chi connectivity index (χ0n) is 9.84. The second-order valence-electron chi connectivity index (χ2n) is 3.56. The largest absolute Gasteiger partial charge is 0.480 e. The van der Waals surface area contributed by atoms with Gasteiger partial charge in [-0.05, 0) is 25.1 Å². The molecule has 1 aromatic rings. The Hall–Kier alpha value is -2.64. The highest BCUT2D eigenvalue weighted by atomic mass is 19.1. The van der Waals surface area contributed by atoms with Crippen molar-refractivity contribution in [2.75, 3.05) is 0 Å². The van der Waals surface area contributed by atoms with Crippen LogP contribution in [0, 0.1) is 5.82 Å². The van der Waals surface area contributed by atoms with E-state index < -0.39 is 35.4 Å². The van der Waals surface area contributed by atoms with Crippen molar-refractivity contribution in [3.05, 3.63) is 29.6 Å². The minimum Gasteiger partial charge on any atom is -0.480 e. The van der Waals surface area contributed by atoms with Crippen molar-refractivity contribution in [3.63, 3.8) is 0 Å². The summed E-state index contributed by atoms with van der Waals surface area (Å²) in [5, 5.41) is 10.6. The van der Waals surface area contributed by atoms with E-state index in [2.05, 4.69) is 0 Å². The van der Waals surface area contributed by atoms with E-state index in [0.717, 1.165) is 18.2 Å². The number of amides is 3. The number of primary amides is 1. The number of halogens is 1. The molecule has 8 heteroatoms. The van der Waals surface area contributed by atoms with E-state index in [9.17, 15) is 18.8 Å². The molecule has 0 saturated carbocycles. The zero-order chi connectivity index (χ0) is 14.6. The number of carbonyl (C=O) groups excluding carboxylic acids is 2. The van der Waals surface area contributed by atoms with Crippen molar-refractivity contribution >= 4 is 17.9 Å². The molecule has 0 aliphatic carbocycles. The molecule has 1 aromatic carbocycles. The van der Waals surface area contributed by atoms with Gasteiger partial charge in [0.05, 0.1) is 0 Å². The van der Waals surface area contributed by atoms with Crippen LogP contribution in [-0.2, 0) is 4.79 Å². The average Bonchev–Trinajstić information content (AvgIpc) is 2.30. The number of nitrogens with one attached hydrogen (secondary N) is 1. The molecule has 0 aliphatic heterocycles. The van der Waals surface area contributed by atoms with Gasteiger partial charge in [0, 0.05) is 0 Å². The van der Waals surface area contributed by atoms with Crippen LogP contribution in [0.25, 0.3) is 0 Å². The Balaban J connectivity index is 2.90. The van der Waals surface area contributed by atoms with Crippen LogP contribution in [0.5, 0.6) is 5.75 Å². The summed E-state index contributed by atoms with van der Waals surface area (Å²) in [7, 11) is 0. The number of benzene rings is 1. The molecule has 7 nitrogen and oxygen atoms in total. The van der Waals surface area contributed by atoms with E-state index in [4.69, 9.17) is 15.6 Å². The maximum absolute atomic E-state index is 12.9. The number of rotatable bonds is 4. The average molecular weight is 270 g/mol. The smallest absolute Gasteiger partial charge is 0.339 e. The van der Waals surface area contributed by atoms with Gasteiger partial charge >= 0.3 is 12.0 Å². The van der Waals surface area contributed by atoms with Crippen LogP contribution < -0.4 is 15.8 Å². The maximum atomic E-state index is 12.9. The molecule has 102 valence electrons. The third-order valence-corrected chi connectivity index (χ3v) is 2.09. The maximum Gasteiger partial charge on any atom is 0.339 e. The first-order valence-corrected chi connectivity index (χ1v) is 5.11. The van der Waals surface area contributed by atoms with Gasteiger partial charge in [-0.1, -0.05) is 0 Å². The molecule has 0 aliphatic rings. The topological polar surface area (TPSA) is 119 Å². The minimum atomic E-state index is -1.41. The predicted octanol–water partition coefficient (Wildman–Crippen LogP) is 0.486. The van der Waals surface area contributed by atoms with Gasteiger partial charge in [0.25, 0.3) is 5.91 Å². The first-order valence-electron chi connectivity index (χ1n) is 5.11. The molecule has 1 rings (SSSR count). The highest BCUT2D eigenvalue weighted by Crippen LogP contribution is 2.21. The lowest BCUT2D eigenvalue weighted by atomic mass is 10.2. The molecular weight excluding hydrogens is 259 g/mol. The summed E-state index contributed by atoms with van der Waals surface area (Å²) in [6, 6.07) is 1.77. The Morgan fingerprint density at radius 3 is 2.58 bits per heavy atom. The molecule has 3 amide bonds. The van der Waals surface area contributed by atoms with Gasteiger partial charge in [-0.3, -0.25) is 10.1 Å². The molecule has 0 heterocycles. The molecule has 0 spiro atoms. The number of carboxylic acid groups (broad SMARTS) is 1. The molecule has 1 atom stereocenters. The fraction of sp³-hybridized carbons (Fsp3) is 0.182. The third kappa shape index (κ3) is 3.95. The van der Waals surface area contributed by atoms with E-state index in [-0.39, 0.29) is 5.75 Å². The molecular formula is C11H11FN2O5. The number of hydrogen-bond acceptors (Lipinski definition) is 4. The Labute approximate surface area is 107 Å². The van der Waals surface area contributed by atoms with E-state index in [1.807, 2.05) is 0 Å². The van der Waals surface area contributed by atoms with Crippen molar-refractivity contribution in [2.45, 2.75) is 13.0 Å². The fourth-order valence-electron chi connectivity index (χ4n) is 1.24. The van der Waals surface area contributed by atoms with E-state index >= 15 is 0 Å². The van der Waals surface area contributed by atoms with Crippen molar-refractivity contribution in [2.24, 2.45) is 5.73 Å². The Morgan fingerprint density at radius 1 is 1.42 bits per heavy atom. The number of carboxylic acids is 1. The molecule has 1 unspecified atom stereocenters. The number of imide groups is 1. The van der Waals surface area contributed by atoms with Crippen LogP contribution in [0.2, 0.25) is 0 Å². The lowest BCUT2D eigenvalue weighted by Crippen LogP contribution is -2.42. The van der Waals surface area contributed by atoms with Crippen molar-refractivity contribution in [1.82, 2.24) is 5.32 Å². The third-order valence-electron chi connectivity index (χ3n) is 2.09. The van der Waals surface area contributed by atoms with Crippen molar-refractivity contribution in [1.29, 1.82) is 0 Å². The predicted molar refractivity (Wildman–Crippen MR) is 61.2 cm³/mol. The van der Waals surface area contributed by atoms with Crippen LogP contribution in [0.3, 0.4) is 0 Å². The van der Waals surface area contributed by atoms with E-state index in [1.165, 1.54) is 6.92 Å². The number of aromatic carboxylic acids is 1. The van der Waals surface area contributed by atoms with Gasteiger partial charge in [0.15, 0.2) is 6.10 Å². The highest BCUT2D eigenvalue weighted by molar-refractivity contribution is 5.96. The van der Waals surface area contributed by atoms with Gasteiger partial charge < -0.3 is 15.6 Å². The summed E-state index contributed by atoms with van der Waals surface area (Å²) in [6.45, 7) is 1.28. The second-order valence-corrected chi connectivity index (χ2v) is 3.56. The summed E-state index contributed by atoms with van der Waals surface area (Å²) in [4.78, 5) is 32.7. The molecule has 0 aromatic heterocycles. The number of hydrogen-bond donors (Lipinski definition) is 3. The standard InChI is InChI=1S/C11H11FN2O5/c1-5(9(15)14-11(13)18)19-8-3-2-6(12)4-7(8)10(16)17/h2-5H,1H3,(H,16,17)(H3,13,14,15,18). The summed E-state index contributed by atoms with van der Waals surface area (Å²) < 4.78 is 18.0. The fourth-order valence-corrected chi connectivity index (χ4v) is 1.24. The summed E-state index contributed by atoms with van der Waals surface area (Å²) in [5.41, 5.74) is 4.32. The molecule has 0 fully saturated rings. The molecule has 4 N–H and O–H groups in total. The second kappa shape index (κ2) is 5.80. The van der Waals surface area contributed by atoms with Gasteiger partial charge in [-0.15, -0.1) is 0 Å². The molecule has 0 radical (unpaired) electrons. The monoisotopic (exact) mass is 270 g/mol. The van der Waals surface area contributed by atoms with Gasteiger partial charge in [0.1, 0.15) is 17.1 Å². The van der Waals surface area contributed by atoms with Crippen LogP contribution in [0.15, 0.2) is 18.2 Å². The molecule has 0 bridgehead atoms. The van der Waals surface area contributed by atoms with Gasteiger partial charge in [0.2, 0.25) is 0 Å². The van der Waals surface area contributed by atoms with Crippen LogP contribution in [-0.4, -0.2) is 29.1 Å². The highest BCUT2D eigenvalue weighted by Gasteiger charge is 2.20. The van der Waals surface area contributed by atoms with Gasteiger partial charge in [-0.25, -0.2) is 14.0 Å². The number of carbonyl (C=O) groups is 3. The zero-order valence-corrected chi connectivity index (χ0v) is 9.84. The normalized spacial score (nSPS) is 11.5. The van der Waals surface area contributed by atoms with Crippen LogP contribution in [0.4, 0.5) is 9.18 Å². The van der Waals surface area contributed by atoms with Crippen LogP contribution >= 0.6 is 0 Å². The lowest BCUT2D eigenvalue weighted by molar-refractivity contribution is -0.126. The van der Waals surface area contributed by atoms with Gasteiger partial charge in [-0.2, -0.15) is 0 Å². The Morgan fingerprint density at radius 2 is 2.05 bits per heavy atom. The van der Waals surface area contributed by atoms with Crippen molar-refractivity contribution < 1.29 is 28.6 Å². The molecule has 0 saturated heterocycles. The van der Waals surface area contributed by atoms with E-state index in [1.54, 1.807) is 5.32 Å². The number of ether oxygens (including phenoxy) is 1. The Kier molecular flexibility index (Phi) is 4.41. The first kappa shape index (κ1) is 14.4.